The van der Waals surface area contributed by atoms with Crippen molar-refractivity contribution in [2.24, 2.45) is 17.2 Å². The van der Waals surface area contributed by atoms with Crippen molar-refractivity contribution >= 4 is 34.6 Å². The van der Waals surface area contributed by atoms with Gasteiger partial charge >= 0.3 is 5.97 Å². The third kappa shape index (κ3) is 10.5. The number of para-hydroxylation sites is 1. The molecule has 3 rings (SSSR count). The van der Waals surface area contributed by atoms with E-state index in [1.165, 1.54) is 0 Å². The van der Waals surface area contributed by atoms with E-state index in [2.05, 4.69) is 20.9 Å². The summed E-state index contributed by atoms with van der Waals surface area (Å²) in [4.78, 5) is 55.3. The first kappa shape index (κ1) is 34.2. The lowest BCUT2D eigenvalue weighted by atomic mass is 10.0. The van der Waals surface area contributed by atoms with Crippen molar-refractivity contribution in [2.45, 2.75) is 75.5 Å². The Morgan fingerprint density at radius 2 is 1.27 bits per heavy atom. The SMILES string of the molecule is NCCCCC(NC(=O)C(CCCCN)NC(=O)C(Cc1c[nH]c2ccccc12)NC(=O)C(N)Cc1ccccc1)C(=O)O. The largest absolute Gasteiger partial charge is 0.480 e. The number of hydrogen-bond acceptors (Lipinski definition) is 7. The molecule has 0 saturated carbocycles. The summed E-state index contributed by atoms with van der Waals surface area (Å²) in [5.41, 5.74) is 20.0. The van der Waals surface area contributed by atoms with Gasteiger partial charge in [0.25, 0.3) is 0 Å². The number of nitrogens with one attached hydrogen (secondary N) is 4. The van der Waals surface area contributed by atoms with Crippen LogP contribution in [0.5, 0.6) is 0 Å². The molecule has 1 heterocycles. The van der Waals surface area contributed by atoms with Gasteiger partial charge in [0.1, 0.15) is 18.1 Å². The number of nitrogens with two attached hydrogens (primary N) is 3. The quantitative estimate of drug-likeness (QED) is 0.0920. The summed E-state index contributed by atoms with van der Waals surface area (Å²) < 4.78 is 0. The van der Waals surface area contributed by atoms with Crippen molar-refractivity contribution in [3.63, 3.8) is 0 Å². The van der Waals surface area contributed by atoms with Gasteiger partial charge in [-0.25, -0.2) is 4.79 Å². The summed E-state index contributed by atoms with van der Waals surface area (Å²) >= 11 is 0. The van der Waals surface area contributed by atoms with Crippen LogP contribution in [0.3, 0.4) is 0 Å². The number of unbranched alkanes of at least 4 members (excludes halogenated alkanes) is 2. The molecule has 0 aliphatic rings. The second kappa shape index (κ2) is 17.8. The molecule has 0 fully saturated rings. The molecule has 0 aliphatic carbocycles. The molecule has 4 unspecified atom stereocenters. The van der Waals surface area contributed by atoms with Crippen LogP contribution in [0.15, 0.2) is 60.8 Å². The molecule has 0 spiro atoms. The first-order valence-corrected chi connectivity index (χ1v) is 15.1. The first-order valence-electron chi connectivity index (χ1n) is 15.1. The predicted octanol–water partition coefficient (Wildman–Crippen LogP) is 1.08. The Balaban J connectivity index is 1.81. The van der Waals surface area contributed by atoms with E-state index in [1.807, 2.05) is 54.6 Å². The van der Waals surface area contributed by atoms with E-state index in [4.69, 9.17) is 17.2 Å². The Bertz CT molecular complexity index is 1360. The fraction of sp³-hybridized carbons (Fsp3) is 0.438. The second-order valence-corrected chi connectivity index (χ2v) is 11.0. The van der Waals surface area contributed by atoms with E-state index in [-0.39, 0.29) is 25.7 Å². The number of benzene rings is 2. The topological polar surface area (TPSA) is 218 Å². The summed E-state index contributed by atoms with van der Waals surface area (Å²) in [7, 11) is 0. The maximum absolute atomic E-state index is 13.8. The Hall–Kier alpha value is -4.26. The number of carboxylic acid groups (broad SMARTS) is 1. The number of fused-ring (bicyclic) bond motifs is 1. The maximum atomic E-state index is 13.8. The number of aromatic amines is 1. The lowest BCUT2D eigenvalue weighted by molar-refractivity contribution is -0.142. The van der Waals surface area contributed by atoms with Gasteiger partial charge in [-0.1, -0.05) is 48.5 Å². The zero-order chi connectivity index (χ0) is 31.9. The maximum Gasteiger partial charge on any atom is 0.326 e. The number of rotatable bonds is 19. The van der Waals surface area contributed by atoms with Gasteiger partial charge in [0.15, 0.2) is 0 Å². The molecule has 3 aromatic rings. The summed E-state index contributed by atoms with van der Waals surface area (Å²) in [6.45, 7) is 0.814. The molecule has 238 valence electrons. The molecular formula is C32H45N7O5. The molecule has 3 amide bonds. The van der Waals surface area contributed by atoms with Gasteiger partial charge in [-0.05, 0) is 75.2 Å². The third-order valence-electron chi connectivity index (χ3n) is 7.51. The summed E-state index contributed by atoms with van der Waals surface area (Å²) in [6, 6.07) is 12.8. The Morgan fingerprint density at radius 3 is 1.93 bits per heavy atom. The molecule has 12 heteroatoms. The number of H-pyrrole nitrogens is 1. The molecule has 0 radical (unpaired) electrons. The number of carboxylic acids is 1. The van der Waals surface area contributed by atoms with Gasteiger partial charge < -0.3 is 43.2 Å². The fourth-order valence-electron chi connectivity index (χ4n) is 5.03. The predicted molar refractivity (Wildman–Crippen MR) is 169 cm³/mol. The highest BCUT2D eigenvalue weighted by molar-refractivity contribution is 5.95. The zero-order valence-electron chi connectivity index (χ0n) is 25.0. The Morgan fingerprint density at radius 1 is 0.705 bits per heavy atom. The van der Waals surface area contributed by atoms with Crippen molar-refractivity contribution < 1.29 is 24.3 Å². The van der Waals surface area contributed by atoms with Crippen LogP contribution in [0.4, 0.5) is 0 Å². The molecule has 4 atom stereocenters. The van der Waals surface area contributed by atoms with Gasteiger partial charge in [0, 0.05) is 23.5 Å². The lowest BCUT2D eigenvalue weighted by Crippen LogP contribution is -2.57. The van der Waals surface area contributed by atoms with E-state index < -0.39 is 47.9 Å². The molecular weight excluding hydrogens is 562 g/mol. The summed E-state index contributed by atoms with van der Waals surface area (Å²) in [5.74, 6) is -2.88. The Labute approximate surface area is 257 Å². The summed E-state index contributed by atoms with van der Waals surface area (Å²) in [5, 5.41) is 18.7. The van der Waals surface area contributed by atoms with Crippen molar-refractivity contribution in [2.75, 3.05) is 13.1 Å². The molecule has 0 aliphatic heterocycles. The number of hydrogen-bond donors (Lipinski definition) is 8. The van der Waals surface area contributed by atoms with Crippen LogP contribution in [0.1, 0.15) is 49.7 Å². The van der Waals surface area contributed by atoms with Crippen LogP contribution in [-0.2, 0) is 32.0 Å². The molecule has 0 saturated heterocycles. The standard InChI is InChI=1S/C32H45N7O5/c33-16-8-6-14-26(30(41)38-27(32(43)44)15-7-9-17-34)37-31(42)28(19-22-20-36-25-13-5-4-12-23(22)25)39-29(40)24(35)18-21-10-2-1-3-11-21/h1-5,10-13,20,24,26-28,36H,6-9,14-19,33-35H2,(H,37,42)(H,38,41)(H,39,40)(H,43,44). The van der Waals surface area contributed by atoms with Crippen LogP contribution >= 0.6 is 0 Å². The van der Waals surface area contributed by atoms with Gasteiger partial charge in [-0.3, -0.25) is 14.4 Å². The Kier molecular flexibility index (Phi) is 13.8. The van der Waals surface area contributed by atoms with E-state index in [0.29, 0.717) is 38.8 Å². The molecule has 11 N–H and O–H groups in total. The van der Waals surface area contributed by atoms with Gasteiger partial charge in [0.2, 0.25) is 17.7 Å². The van der Waals surface area contributed by atoms with Crippen molar-refractivity contribution in [1.29, 1.82) is 0 Å². The van der Waals surface area contributed by atoms with Crippen LogP contribution in [0, 0.1) is 0 Å². The summed E-state index contributed by atoms with van der Waals surface area (Å²) in [6.07, 6.45) is 4.94. The minimum absolute atomic E-state index is 0.133. The van der Waals surface area contributed by atoms with Crippen LogP contribution in [0.2, 0.25) is 0 Å². The highest BCUT2D eigenvalue weighted by Gasteiger charge is 2.30. The minimum Gasteiger partial charge on any atom is -0.480 e. The molecule has 44 heavy (non-hydrogen) atoms. The highest BCUT2D eigenvalue weighted by atomic mass is 16.4. The normalized spacial score (nSPS) is 13.9. The average Bonchev–Trinajstić information content (AvgIpc) is 3.42. The van der Waals surface area contributed by atoms with E-state index >= 15 is 0 Å². The second-order valence-electron chi connectivity index (χ2n) is 11.0. The van der Waals surface area contributed by atoms with Crippen LogP contribution in [-0.4, -0.2) is 71.0 Å². The number of aromatic nitrogens is 1. The van der Waals surface area contributed by atoms with Crippen molar-refractivity contribution in [3.05, 3.63) is 71.9 Å². The van der Waals surface area contributed by atoms with E-state index in [1.54, 1.807) is 6.20 Å². The fourth-order valence-corrected chi connectivity index (χ4v) is 5.03. The van der Waals surface area contributed by atoms with Gasteiger partial charge in [-0.2, -0.15) is 0 Å². The lowest BCUT2D eigenvalue weighted by Gasteiger charge is -2.25. The number of carbonyl (C=O) groups is 4. The first-order chi connectivity index (χ1) is 21.2. The monoisotopic (exact) mass is 607 g/mol. The van der Waals surface area contributed by atoms with Crippen LogP contribution < -0.4 is 33.2 Å². The molecule has 1 aromatic heterocycles. The van der Waals surface area contributed by atoms with Crippen molar-refractivity contribution in [1.82, 2.24) is 20.9 Å². The number of aliphatic carboxylic acids is 1. The average molecular weight is 608 g/mol. The van der Waals surface area contributed by atoms with Crippen LogP contribution in [0.25, 0.3) is 10.9 Å². The minimum atomic E-state index is -1.17. The zero-order valence-corrected chi connectivity index (χ0v) is 25.0. The molecule has 12 nitrogen and oxygen atoms in total. The smallest absolute Gasteiger partial charge is 0.326 e. The third-order valence-corrected chi connectivity index (χ3v) is 7.51. The molecule has 2 aromatic carbocycles. The van der Waals surface area contributed by atoms with E-state index in [0.717, 1.165) is 22.0 Å². The molecule has 0 bridgehead atoms. The van der Waals surface area contributed by atoms with Gasteiger partial charge in [-0.15, -0.1) is 0 Å². The van der Waals surface area contributed by atoms with E-state index in [9.17, 15) is 24.3 Å². The number of carbonyl (C=O) groups excluding carboxylic acids is 3. The van der Waals surface area contributed by atoms with Crippen molar-refractivity contribution in [3.8, 4) is 0 Å². The number of amides is 3. The highest BCUT2D eigenvalue weighted by Crippen LogP contribution is 2.19. The van der Waals surface area contributed by atoms with Gasteiger partial charge in [0.05, 0.1) is 6.04 Å².